The number of carboxylic acids is 1. The number of hydrogen-bond acceptors (Lipinski definition) is 4. The summed E-state index contributed by atoms with van der Waals surface area (Å²) in [4.78, 5) is 34.7. The molecule has 3 N–H and O–H groups in total. The van der Waals surface area contributed by atoms with E-state index >= 15 is 0 Å². The Labute approximate surface area is 86.0 Å². The predicted octanol–water partition coefficient (Wildman–Crippen LogP) is -1.21. The van der Waals surface area contributed by atoms with Crippen LogP contribution in [0.4, 0.5) is 0 Å². The van der Waals surface area contributed by atoms with E-state index in [-0.39, 0.29) is 30.2 Å². The van der Waals surface area contributed by atoms with Crippen molar-refractivity contribution in [1.29, 1.82) is 0 Å². The second-order valence-electron chi connectivity index (χ2n) is 4.43. The van der Waals surface area contributed by atoms with Crippen molar-refractivity contribution < 1.29 is 19.5 Å². The second-order valence-corrected chi connectivity index (χ2v) is 4.43. The van der Waals surface area contributed by atoms with E-state index in [1.165, 1.54) is 6.92 Å². The number of carbonyl (C=O) groups is 3. The standard InChI is InChI=1S/C9H12N2O4/c1-9(10,8(14)15)3-11-6(12)4-2-5(4)7(11)13/h4-5H,2-3,10H2,1H3,(H,14,15). The lowest BCUT2D eigenvalue weighted by Crippen LogP contribution is -2.55. The highest BCUT2D eigenvalue weighted by Gasteiger charge is 2.59. The summed E-state index contributed by atoms with van der Waals surface area (Å²) in [5.41, 5.74) is 3.91. The van der Waals surface area contributed by atoms with Crippen molar-refractivity contribution in [3.8, 4) is 0 Å². The Balaban J connectivity index is 2.10. The van der Waals surface area contributed by atoms with E-state index in [4.69, 9.17) is 10.8 Å². The summed E-state index contributed by atoms with van der Waals surface area (Å²) in [5, 5.41) is 8.78. The summed E-state index contributed by atoms with van der Waals surface area (Å²) in [7, 11) is 0. The van der Waals surface area contributed by atoms with Crippen LogP contribution in [0.25, 0.3) is 0 Å². The van der Waals surface area contributed by atoms with Crippen molar-refractivity contribution in [2.24, 2.45) is 17.6 Å². The highest BCUT2D eigenvalue weighted by molar-refractivity contribution is 6.09. The number of nitrogens with two attached hydrogens (primary N) is 1. The van der Waals surface area contributed by atoms with Crippen LogP contribution in [0.5, 0.6) is 0 Å². The molecule has 1 heterocycles. The lowest BCUT2D eigenvalue weighted by Gasteiger charge is -2.25. The zero-order valence-electron chi connectivity index (χ0n) is 8.27. The van der Waals surface area contributed by atoms with E-state index in [9.17, 15) is 14.4 Å². The first-order chi connectivity index (χ1) is 6.84. The quantitative estimate of drug-likeness (QED) is 0.572. The zero-order chi connectivity index (χ0) is 11.4. The number of fused-ring (bicyclic) bond motifs is 1. The van der Waals surface area contributed by atoms with E-state index < -0.39 is 11.5 Å². The molecule has 1 aliphatic carbocycles. The molecular weight excluding hydrogens is 200 g/mol. The molecule has 3 atom stereocenters. The van der Waals surface area contributed by atoms with Gasteiger partial charge in [0.25, 0.3) is 0 Å². The van der Waals surface area contributed by atoms with Gasteiger partial charge < -0.3 is 10.8 Å². The van der Waals surface area contributed by atoms with Crippen LogP contribution in [0.15, 0.2) is 0 Å². The number of nitrogens with zero attached hydrogens (tertiary/aromatic N) is 1. The molecule has 1 aliphatic heterocycles. The third-order valence-electron chi connectivity index (χ3n) is 2.93. The number of rotatable bonds is 3. The third-order valence-corrected chi connectivity index (χ3v) is 2.93. The molecule has 15 heavy (non-hydrogen) atoms. The van der Waals surface area contributed by atoms with Gasteiger partial charge in [-0.2, -0.15) is 0 Å². The SMILES string of the molecule is CC(N)(CN1C(=O)C2CC2C1=O)C(=O)O. The maximum Gasteiger partial charge on any atom is 0.325 e. The minimum atomic E-state index is -1.57. The van der Waals surface area contributed by atoms with Crippen LogP contribution in [0.3, 0.4) is 0 Å². The van der Waals surface area contributed by atoms with Gasteiger partial charge in [0.15, 0.2) is 0 Å². The molecular formula is C9H12N2O4. The summed E-state index contributed by atoms with van der Waals surface area (Å²) in [6.45, 7) is 1.05. The fourth-order valence-electron chi connectivity index (χ4n) is 1.80. The first kappa shape index (κ1) is 10.1. The van der Waals surface area contributed by atoms with Gasteiger partial charge in [-0.15, -0.1) is 0 Å². The van der Waals surface area contributed by atoms with E-state index in [2.05, 4.69) is 0 Å². The molecule has 2 fully saturated rings. The molecule has 1 saturated carbocycles. The molecule has 1 saturated heterocycles. The van der Waals surface area contributed by atoms with Crippen LogP contribution in [-0.2, 0) is 14.4 Å². The number of likely N-dealkylation sites (tertiary alicyclic amines) is 1. The fraction of sp³-hybridized carbons (Fsp3) is 0.667. The lowest BCUT2D eigenvalue weighted by molar-refractivity contribution is -0.147. The molecule has 0 radical (unpaired) electrons. The molecule has 6 nitrogen and oxygen atoms in total. The summed E-state index contributed by atoms with van der Waals surface area (Å²) in [6.07, 6.45) is 0.614. The molecule has 3 unspecified atom stereocenters. The van der Waals surface area contributed by atoms with Gasteiger partial charge in [-0.3, -0.25) is 19.3 Å². The maximum atomic E-state index is 11.5. The van der Waals surface area contributed by atoms with Gasteiger partial charge in [-0.1, -0.05) is 0 Å². The van der Waals surface area contributed by atoms with Crippen LogP contribution < -0.4 is 5.73 Å². The summed E-state index contributed by atoms with van der Waals surface area (Å²) in [5.74, 6) is -2.18. The molecule has 0 aromatic heterocycles. The number of imide groups is 1. The van der Waals surface area contributed by atoms with Crippen molar-refractivity contribution >= 4 is 17.8 Å². The Bertz CT molecular complexity index is 343. The van der Waals surface area contributed by atoms with Gasteiger partial charge >= 0.3 is 5.97 Å². The Morgan fingerprint density at radius 2 is 2.00 bits per heavy atom. The number of piperidine rings is 1. The number of hydrogen-bond donors (Lipinski definition) is 2. The van der Waals surface area contributed by atoms with Crippen molar-refractivity contribution in [2.45, 2.75) is 18.9 Å². The molecule has 2 amide bonds. The molecule has 0 aromatic rings. The Morgan fingerprint density at radius 3 is 2.40 bits per heavy atom. The molecule has 0 spiro atoms. The average Bonchev–Trinajstić information content (AvgIpc) is 2.86. The third kappa shape index (κ3) is 1.41. The second kappa shape index (κ2) is 2.79. The van der Waals surface area contributed by atoms with Crippen LogP contribution in [0.1, 0.15) is 13.3 Å². The highest BCUT2D eigenvalue weighted by Crippen LogP contribution is 2.47. The monoisotopic (exact) mass is 212 g/mol. The van der Waals surface area contributed by atoms with E-state index in [0.29, 0.717) is 6.42 Å². The molecule has 2 rings (SSSR count). The molecule has 0 bridgehead atoms. The zero-order valence-corrected chi connectivity index (χ0v) is 8.27. The maximum absolute atomic E-state index is 11.5. The summed E-state index contributed by atoms with van der Waals surface area (Å²) in [6, 6.07) is 0. The minimum absolute atomic E-state index is 0.206. The van der Waals surface area contributed by atoms with Crippen LogP contribution in [0, 0.1) is 11.8 Å². The van der Waals surface area contributed by atoms with Gasteiger partial charge in [-0.25, -0.2) is 0 Å². The first-order valence-electron chi connectivity index (χ1n) is 4.72. The van der Waals surface area contributed by atoms with Crippen molar-refractivity contribution in [2.75, 3.05) is 6.54 Å². The van der Waals surface area contributed by atoms with Crippen LogP contribution in [-0.4, -0.2) is 39.9 Å². The van der Waals surface area contributed by atoms with Crippen LogP contribution in [0.2, 0.25) is 0 Å². The van der Waals surface area contributed by atoms with Gasteiger partial charge in [0.05, 0.1) is 18.4 Å². The van der Waals surface area contributed by atoms with Gasteiger partial charge in [0.1, 0.15) is 5.54 Å². The Morgan fingerprint density at radius 1 is 1.53 bits per heavy atom. The number of amides is 2. The number of carboxylic acid groups (broad SMARTS) is 1. The summed E-state index contributed by atoms with van der Waals surface area (Å²) >= 11 is 0. The van der Waals surface area contributed by atoms with E-state index in [1.807, 2.05) is 0 Å². The van der Waals surface area contributed by atoms with Crippen molar-refractivity contribution in [1.82, 2.24) is 4.90 Å². The van der Waals surface area contributed by atoms with Gasteiger partial charge in [0.2, 0.25) is 11.8 Å². The first-order valence-corrected chi connectivity index (χ1v) is 4.72. The van der Waals surface area contributed by atoms with Crippen LogP contribution >= 0.6 is 0 Å². The molecule has 2 aliphatic rings. The topological polar surface area (TPSA) is 101 Å². The predicted molar refractivity (Wildman–Crippen MR) is 48.5 cm³/mol. The normalized spacial score (nSPS) is 32.5. The number of carbonyl (C=O) groups excluding carboxylic acids is 2. The highest BCUT2D eigenvalue weighted by atomic mass is 16.4. The fourth-order valence-corrected chi connectivity index (χ4v) is 1.80. The summed E-state index contributed by atoms with van der Waals surface area (Å²) < 4.78 is 0. The van der Waals surface area contributed by atoms with Crippen molar-refractivity contribution in [3.63, 3.8) is 0 Å². The largest absolute Gasteiger partial charge is 0.480 e. The Hall–Kier alpha value is -1.43. The average molecular weight is 212 g/mol. The van der Waals surface area contributed by atoms with E-state index in [0.717, 1.165) is 4.90 Å². The Kier molecular flexibility index (Phi) is 1.88. The molecule has 0 aromatic carbocycles. The molecule has 82 valence electrons. The van der Waals surface area contributed by atoms with Gasteiger partial charge in [0, 0.05) is 0 Å². The number of aliphatic carboxylic acids is 1. The van der Waals surface area contributed by atoms with Crippen molar-refractivity contribution in [3.05, 3.63) is 0 Å². The van der Waals surface area contributed by atoms with E-state index in [1.54, 1.807) is 0 Å². The smallest absolute Gasteiger partial charge is 0.325 e. The molecule has 6 heteroatoms. The minimum Gasteiger partial charge on any atom is -0.480 e. The van der Waals surface area contributed by atoms with Gasteiger partial charge in [-0.05, 0) is 13.3 Å². The lowest BCUT2D eigenvalue weighted by atomic mass is 10.0.